The van der Waals surface area contributed by atoms with Gasteiger partial charge in [-0.05, 0) is 35.4 Å². The van der Waals surface area contributed by atoms with E-state index in [2.05, 4.69) is 4.98 Å². The SMILES string of the molecule is O=C1C(=Cc2cccnc2)Oc2cc(OCc3ccccc3)ccc21. The lowest BCUT2D eigenvalue weighted by molar-refractivity contribution is 0.101. The molecule has 0 aliphatic carbocycles. The molecular formula is C21H15NO3. The highest BCUT2D eigenvalue weighted by molar-refractivity contribution is 6.14. The van der Waals surface area contributed by atoms with Gasteiger partial charge in [0, 0.05) is 18.5 Å². The molecule has 1 aliphatic heterocycles. The van der Waals surface area contributed by atoms with E-state index in [1.165, 1.54) is 0 Å². The van der Waals surface area contributed by atoms with Crippen LogP contribution in [0.2, 0.25) is 0 Å². The highest BCUT2D eigenvalue weighted by Crippen LogP contribution is 2.35. The first kappa shape index (κ1) is 15.1. The van der Waals surface area contributed by atoms with Crippen molar-refractivity contribution in [2.24, 2.45) is 0 Å². The number of rotatable bonds is 4. The fourth-order valence-electron chi connectivity index (χ4n) is 2.61. The van der Waals surface area contributed by atoms with E-state index >= 15 is 0 Å². The fourth-order valence-corrected chi connectivity index (χ4v) is 2.61. The summed E-state index contributed by atoms with van der Waals surface area (Å²) < 4.78 is 11.5. The van der Waals surface area contributed by atoms with Gasteiger partial charge in [-0.1, -0.05) is 36.4 Å². The molecule has 122 valence electrons. The maximum absolute atomic E-state index is 12.4. The van der Waals surface area contributed by atoms with E-state index in [0.29, 0.717) is 29.4 Å². The third-order valence-corrected chi connectivity index (χ3v) is 3.87. The Morgan fingerprint density at radius 1 is 1.04 bits per heavy atom. The second-order valence-corrected chi connectivity index (χ2v) is 5.66. The lowest BCUT2D eigenvalue weighted by Crippen LogP contribution is -1.98. The quantitative estimate of drug-likeness (QED) is 0.671. The third-order valence-electron chi connectivity index (χ3n) is 3.87. The van der Waals surface area contributed by atoms with Crippen LogP contribution in [0.5, 0.6) is 11.5 Å². The maximum Gasteiger partial charge on any atom is 0.231 e. The Labute approximate surface area is 145 Å². The summed E-state index contributed by atoms with van der Waals surface area (Å²) in [6.45, 7) is 0.464. The summed E-state index contributed by atoms with van der Waals surface area (Å²) in [7, 11) is 0. The van der Waals surface area contributed by atoms with Gasteiger partial charge in [-0.3, -0.25) is 9.78 Å². The Morgan fingerprint density at radius 2 is 1.92 bits per heavy atom. The third kappa shape index (κ3) is 3.28. The van der Waals surface area contributed by atoms with Crippen LogP contribution in [0.4, 0.5) is 0 Å². The monoisotopic (exact) mass is 329 g/mol. The number of allylic oxidation sites excluding steroid dienone is 1. The summed E-state index contributed by atoms with van der Waals surface area (Å²) in [5, 5.41) is 0. The summed E-state index contributed by atoms with van der Waals surface area (Å²) in [4.78, 5) is 16.5. The number of fused-ring (bicyclic) bond motifs is 1. The largest absolute Gasteiger partial charge is 0.489 e. The second-order valence-electron chi connectivity index (χ2n) is 5.66. The molecule has 4 heteroatoms. The van der Waals surface area contributed by atoms with E-state index in [4.69, 9.17) is 9.47 Å². The van der Waals surface area contributed by atoms with E-state index in [0.717, 1.165) is 11.1 Å². The molecule has 0 spiro atoms. The number of carbonyl (C=O) groups is 1. The molecule has 25 heavy (non-hydrogen) atoms. The number of nitrogens with zero attached hydrogens (tertiary/aromatic N) is 1. The molecule has 0 saturated heterocycles. The van der Waals surface area contributed by atoms with Crippen LogP contribution in [0.3, 0.4) is 0 Å². The van der Waals surface area contributed by atoms with Gasteiger partial charge in [0.05, 0.1) is 5.56 Å². The highest BCUT2D eigenvalue weighted by Gasteiger charge is 2.27. The van der Waals surface area contributed by atoms with Crippen molar-refractivity contribution in [1.29, 1.82) is 0 Å². The van der Waals surface area contributed by atoms with Gasteiger partial charge in [-0.15, -0.1) is 0 Å². The number of pyridine rings is 1. The molecule has 4 rings (SSSR count). The minimum atomic E-state index is -0.131. The molecule has 1 aromatic heterocycles. The minimum absolute atomic E-state index is 0.131. The number of benzene rings is 2. The number of ether oxygens (including phenoxy) is 2. The normalized spacial score (nSPS) is 14.2. The maximum atomic E-state index is 12.4. The number of Topliss-reactive ketones (excluding diaryl/α,β-unsaturated/α-hetero) is 1. The Kier molecular flexibility index (Phi) is 4.01. The number of hydrogen-bond donors (Lipinski definition) is 0. The van der Waals surface area contributed by atoms with Crippen LogP contribution in [0.1, 0.15) is 21.5 Å². The minimum Gasteiger partial charge on any atom is -0.489 e. The van der Waals surface area contributed by atoms with Crippen LogP contribution in [-0.4, -0.2) is 10.8 Å². The van der Waals surface area contributed by atoms with Crippen molar-refractivity contribution in [3.63, 3.8) is 0 Å². The molecule has 0 atom stereocenters. The number of hydrogen-bond acceptors (Lipinski definition) is 4. The lowest BCUT2D eigenvalue weighted by Gasteiger charge is -2.07. The van der Waals surface area contributed by atoms with E-state index < -0.39 is 0 Å². The summed E-state index contributed by atoms with van der Waals surface area (Å²) in [6, 6.07) is 18.9. The van der Waals surface area contributed by atoms with Crippen molar-refractivity contribution in [3.8, 4) is 11.5 Å². The second kappa shape index (κ2) is 6.61. The summed E-state index contributed by atoms with van der Waals surface area (Å²) >= 11 is 0. The van der Waals surface area contributed by atoms with Gasteiger partial charge in [-0.25, -0.2) is 0 Å². The average Bonchev–Trinajstić information content (AvgIpc) is 2.97. The Bertz CT molecular complexity index is 934. The van der Waals surface area contributed by atoms with Crippen LogP contribution >= 0.6 is 0 Å². The van der Waals surface area contributed by atoms with Crippen molar-refractivity contribution in [3.05, 3.63) is 95.5 Å². The Morgan fingerprint density at radius 3 is 2.72 bits per heavy atom. The summed E-state index contributed by atoms with van der Waals surface area (Å²) in [6.07, 6.45) is 5.06. The molecule has 0 fully saturated rings. The van der Waals surface area contributed by atoms with Crippen molar-refractivity contribution >= 4 is 11.9 Å². The standard InChI is InChI=1S/C21H15NO3/c23-21-18-9-8-17(24-14-15-5-2-1-3-6-15)12-19(18)25-20(21)11-16-7-4-10-22-13-16/h1-13H,14H2. The predicted molar refractivity (Wildman–Crippen MR) is 94.4 cm³/mol. The van der Waals surface area contributed by atoms with Crippen LogP contribution in [0.15, 0.2) is 78.8 Å². The number of aromatic nitrogens is 1. The summed E-state index contributed by atoms with van der Waals surface area (Å²) in [5.74, 6) is 1.35. The molecule has 2 heterocycles. The van der Waals surface area contributed by atoms with Crippen molar-refractivity contribution < 1.29 is 14.3 Å². The molecule has 4 nitrogen and oxygen atoms in total. The van der Waals surface area contributed by atoms with Gasteiger partial charge >= 0.3 is 0 Å². The van der Waals surface area contributed by atoms with Gasteiger partial charge in [0.1, 0.15) is 18.1 Å². The molecule has 0 saturated carbocycles. The topological polar surface area (TPSA) is 48.4 Å². The smallest absolute Gasteiger partial charge is 0.231 e. The highest BCUT2D eigenvalue weighted by atomic mass is 16.5. The van der Waals surface area contributed by atoms with Gasteiger partial charge < -0.3 is 9.47 Å². The van der Waals surface area contributed by atoms with Crippen LogP contribution in [-0.2, 0) is 6.61 Å². The molecule has 0 N–H and O–H groups in total. The molecule has 2 aromatic carbocycles. The van der Waals surface area contributed by atoms with Crippen molar-refractivity contribution in [2.75, 3.05) is 0 Å². The van der Waals surface area contributed by atoms with Crippen LogP contribution in [0.25, 0.3) is 6.08 Å². The predicted octanol–water partition coefficient (Wildman–Crippen LogP) is 4.28. The van der Waals surface area contributed by atoms with E-state index in [9.17, 15) is 4.79 Å². The zero-order valence-electron chi connectivity index (χ0n) is 13.4. The zero-order chi connectivity index (χ0) is 17.1. The molecule has 0 amide bonds. The lowest BCUT2D eigenvalue weighted by atomic mass is 10.1. The Hall–Kier alpha value is -3.40. The number of ketones is 1. The van der Waals surface area contributed by atoms with E-state index in [1.54, 1.807) is 36.7 Å². The zero-order valence-corrected chi connectivity index (χ0v) is 13.4. The van der Waals surface area contributed by atoms with E-state index in [1.807, 2.05) is 42.5 Å². The molecule has 0 unspecified atom stereocenters. The van der Waals surface area contributed by atoms with Gasteiger partial charge in [0.25, 0.3) is 0 Å². The van der Waals surface area contributed by atoms with Crippen LogP contribution < -0.4 is 9.47 Å². The van der Waals surface area contributed by atoms with Crippen LogP contribution in [0, 0.1) is 0 Å². The molecule has 3 aromatic rings. The molecule has 1 aliphatic rings. The first-order chi connectivity index (χ1) is 12.3. The van der Waals surface area contributed by atoms with Gasteiger partial charge in [-0.2, -0.15) is 0 Å². The first-order valence-corrected chi connectivity index (χ1v) is 7.95. The summed E-state index contributed by atoms with van der Waals surface area (Å²) in [5.41, 5.74) is 2.44. The van der Waals surface area contributed by atoms with Gasteiger partial charge in [0.2, 0.25) is 5.78 Å². The van der Waals surface area contributed by atoms with Crippen molar-refractivity contribution in [2.45, 2.75) is 6.61 Å². The van der Waals surface area contributed by atoms with Gasteiger partial charge in [0.15, 0.2) is 5.76 Å². The number of carbonyl (C=O) groups excluding carboxylic acids is 1. The fraction of sp³-hybridized carbons (Fsp3) is 0.0476. The first-order valence-electron chi connectivity index (χ1n) is 7.95. The molecular weight excluding hydrogens is 314 g/mol. The molecule has 0 bridgehead atoms. The molecule has 0 radical (unpaired) electrons. The van der Waals surface area contributed by atoms with E-state index in [-0.39, 0.29) is 5.78 Å². The Balaban J connectivity index is 1.52. The van der Waals surface area contributed by atoms with Crippen molar-refractivity contribution in [1.82, 2.24) is 4.98 Å². The average molecular weight is 329 g/mol.